The lowest BCUT2D eigenvalue weighted by atomic mass is 10.2. The number of anilines is 2. The molecule has 0 amide bonds. The van der Waals surface area contributed by atoms with Gasteiger partial charge in [0.1, 0.15) is 18.0 Å². The molecule has 15 heavy (non-hydrogen) atoms. The van der Waals surface area contributed by atoms with Gasteiger partial charge < -0.3 is 10.6 Å². The molecule has 0 radical (unpaired) electrons. The maximum absolute atomic E-state index is 4.20. The third-order valence-electron chi connectivity index (χ3n) is 2.36. The number of hydrogen-bond donors (Lipinski definition) is 2. The van der Waals surface area contributed by atoms with E-state index in [9.17, 15) is 0 Å². The van der Waals surface area contributed by atoms with Gasteiger partial charge in [-0.3, -0.25) is 0 Å². The van der Waals surface area contributed by atoms with Crippen LogP contribution in [0.15, 0.2) is 12.4 Å². The van der Waals surface area contributed by atoms with Gasteiger partial charge in [0.15, 0.2) is 0 Å². The van der Waals surface area contributed by atoms with Crippen molar-refractivity contribution in [3.8, 4) is 0 Å². The minimum Gasteiger partial charge on any atom is -0.370 e. The van der Waals surface area contributed by atoms with Gasteiger partial charge in [-0.15, -0.1) is 0 Å². The Morgan fingerprint density at radius 1 is 1.13 bits per heavy atom. The van der Waals surface area contributed by atoms with E-state index < -0.39 is 0 Å². The zero-order chi connectivity index (χ0) is 11.1. The lowest BCUT2D eigenvalue weighted by molar-refractivity contribution is 0.668. The normalized spacial score (nSPS) is 10.4. The van der Waals surface area contributed by atoms with Crippen LogP contribution < -0.4 is 10.6 Å². The minimum atomic E-state index is 0.495. The van der Waals surface area contributed by atoms with E-state index in [0.29, 0.717) is 6.04 Å². The maximum atomic E-state index is 4.20. The molecule has 1 aromatic rings. The van der Waals surface area contributed by atoms with E-state index in [1.54, 1.807) is 6.33 Å². The molecule has 0 aromatic carbocycles. The van der Waals surface area contributed by atoms with Crippen LogP contribution in [-0.2, 0) is 0 Å². The molecule has 0 aliphatic carbocycles. The first-order valence-electron chi connectivity index (χ1n) is 5.62. The van der Waals surface area contributed by atoms with Gasteiger partial charge >= 0.3 is 0 Å². The number of nitrogens with zero attached hydrogens (tertiary/aromatic N) is 2. The first-order chi connectivity index (χ1) is 7.30. The van der Waals surface area contributed by atoms with Crippen molar-refractivity contribution in [1.29, 1.82) is 0 Å². The van der Waals surface area contributed by atoms with Crippen LogP contribution in [0, 0.1) is 0 Å². The van der Waals surface area contributed by atoms with Crippen molar-refractivity contribution < 1.29 is 0 Å². The third kappa shape index (κ3) is 3.73. The zero-order valence-electron chi connectivity index (χ0n) is 9.75. The van der Waals surface area contributed by atoms with Gasteiger partial charge in [0.2, 0.25) is 0 Å². The lowest BCUT2D eigenvalue weighted by Crippen LogP contribution is -2.18. The number of nitrogens with one attached hydrogen (secondary N) is 2. The molecular weight excluding hydrogens is 188 g/mol. The largest absolute Gasteiger partial charge is 0.370 e. The second-order valence-corrected chi connectivity index (χ2v) is 3.48. The molecule has 0 saturated carbocycles. The van der Waals surface area contributed by atoms with E-state index in [1.807, 2.05) is 6.07 Å². The summed E-state index contributed by atoms with van der Waals surface area (Å²) in [5.41, 5.74) is 0. The van der Waals surface area contributed by atoms with Gasteiger partial charge in [-0.1, -0.05) is 13.8 Å². The summed E-state index contributed by atoms with van der Waals surface area (Å²) in [6.07, 6.45) is 3.80. The highest BCUT2D eigenvalue weighted by molar-refractivity contribution is 5.46. The summed E-state index contributed by atoms with van der Waals surface area (Å²) in [4.78, 5) is 8.32. The Hall–Kier alpha value is -1.32. The van der Waals surface area contributed by atoms with E-state index in [0.717, 1.165) is 31.0 Å². The molecule has 2 N–H and O–H groups in total. The predicted octanol–water partition coefficient (Wildman–Crippen LogP) is 2.51. The Morgan fingerprint density at radius 3 is 2.40 bits per heavy atom. The Morgan fingerprint density at radius 2 is 1.80 bits per heavy atom. The number of aromatic nitrogens is 2. The van der Waals surface area contributed by atoms with Gasteiger partial charge in [0, 0.05) is 18.7 Å². The molecule has 0 aliphatic rings. The number of rotatable bonds is 6. The predicted molar refractivity (Wildman–Crippen MR) is 64.2 cm³/mol. The Kier molecular flexibility index (Phi) is 4.87. The van der Waals surface area contributed by atoms with Gasteiger partial charge in [0.25, 0.3) is 0 Å². The molecule has 1 aromatic heterocycles. The SMILES string of the molecule is CCNc1cc(NC(CC)CC)ncn1. The van der Waals surface area contributed by atoms with Gasteiger partial charge in [-0.05, 0) is 19.8 Å². The minimum absolute atomic E-state index is 0.495. The fraction of sp³-hybridized carbons (Fsp3) is 0.636. The molecule has 4 heteroatoms. The average molecular weight is 208 g/mol. The highest BCUT2D eigenvalue weighted by Gasteiger charge is 2.04. The smallest absolute Gasteiger partial charge is 0.131 e. The molecule has 1 rings (SSSR count). The Labute approximate surface area is 91.5 Å². The second-order valence-electron chi connectivity index (χ2n) is 3.48. The van der Waals surface area contributed by atoms with Crippen LogP contribution in [0.3, 0.4) is 0 Å². The molecule has 0 aliphatic heterocycles. The quantitative estimate of drug-likeness (QED) is 0.754. The zero-order valence-corrected chi connectivity index (χ0v) is 9.75. The fourth-order valence-electron chi connectivity index (χ4n) is 1.42. The van der Waals surface area contributed by atoms with Crippen molar-refractivity contribution in [1.82, 2.24) is 9.97 Å². The highest BCUT2D eigenvalue weighted by Crippen LogP contribution is 2.11. The summed E-state index contributed by atoms with van der Waals surface area (Å²) < 4.78 is 0. The summed E-state index contributed by atoms with van der Waals surface area (Å²) >= 11 is 0. The molecule has 0 fully saturated rings. The molecular formula is C11H20N4. The molecule has 84 valence electrons. The summed E-state index contributed by atoms with van der Waals surface area (Å²) in [6.45, 7) is 7.28. The lowest BCUT2D eigenvalue weighted by Gasteiger charge is -2.15. The second kappa shape index (κ2) is 6.22. The van der Waals surface area contributed by atoms with Crippen LogP contribution in [0.2, 0.25) is 0 Å². The Balaban J connectivity index is 2.64. The first-order valence-corrected chi connectivity index (χ1v) is 5.62. The standard InChI is InChI=1S/C11H20N4/c1-4-9(5-2)15-11-7-10(12-6-3)13-8-14-11/h7-9H,4-6H2,1-3H3,(H2,12,13,14,15). The monoisotopic (exact) mass is 208 g/mol. The van der Waals surface area contributed by atoms with Gasteiger partial charge in [0.05, 0.1) is 0 Å². The molecule has 1 heterocycles. The first kappa shape index (κ1) is 11.8. The Bertz CT molecular complexity index is 284. The van der Waals surface area contributed by atoms with Crippen LogP contribution >= 0.6 is 0 Å². The van der Waals surface area contributed by atoms with Crippen molar-refractivity contribution in [3.63, 3.8) is 0 Å². The molecule has 0 saturated heterocycles. The van der Waals surface area contributed by atoms with Gasteiger partial charge in [-0.2, -0.15) is 0 Å². The topological polar surface area (TPSA) is 49.8 Å². The fourth-order valence-corrected chi connectivity index (χ4v) is 1.42. The maximum Gasteiger partial charge on any atom is 0.131 e. The molecule has 0 bridgehead atoms. The van der Waals surface area contributed by atoms with E-state index in [1.165, 1.54) is 0 Å². The summed E-state index contributed by atoms with van der Waals surface area (Å²) in [6, 6.07) is 2.44. The summed E-state index contributed by atoms with van der Waals surface area (Å²) in [5.74, 6) is 1.77. The van der Waals surface area contributed by atoms with Crippen LogP contribution in [0.4, 0.5) is 11.6 Å². The van der Waals surface area contributed by atoms with Gasteiger partial charge in [-0.25, -0.2) is 9.97 Å². The number of hydrogen-bond acceptors (Lipinski definition) is 4. The van der Waals surface area contributed by atoms with Crippen LogP contribution in [0.5, 0.6) is 0 Å². The average Bonchev–Trinajstić information content (AvgIpc) is 2.27. The van der Waals surface area contributed by atoms with E-state index in [4.69, 9.17) is 0 Å². The molecule has 0 atom stereocenters. The third-order valence-corrected chi connectivity index (χ3v) is 2.36. The van der Waals surface area contributed by atoms with E-state index in [-0.39, 0.29) is 0 Å². The van der Waals surface area contributed by atoms with Crippen LogP contribution in [-0.4, -0.2) is 22.6 Å². The van der Waals surface area contributed by atoms with Crippen molar-refractivity contribution in [2.75, 3.05) is 17.2 Å². The van der Waals surface area contributed by atoms with Crippen molar-refractivity contribution in [2.45, 2.75) is 39.7 Å². The van der Waals surface area contributed by atoms with E-state index in [2.05, 4.69) is 41.4 Å². The van der Waals surface area contributed by atoms with Crippen LogP contribution in [0.1, 0.15) is 33.6 Å². The van der Waals surface area contributed by atoms with E-state index >= 15 is 0 Å². The molecule has 0 unspecified atom stereocenters. The van der Waals surface area contributed by atoms with Crippen molar-refractivity contribution >= 4 is 11.6 Å². The highest BCUT2D eigenvalue weighted by atomic mass is 15.1. The molecule has 0 spiro atoms. The van der Waals surface area contributed by atoms with Crippen molar-refractivity contribution in [2.24, 2.45) is 0 Å². The molecule has 4 nitrogen and oxygen atoms in total. The summed E-state index contributed by atoms with van der Waals surface area (Å²) in [5, 5.41) is 6.55. The summed E-state index contributed by atoms with van der Waals surface area (Å²) in [7, 11) is 0. The van der Waals surface area contributed by atoms with Crippen LogP contribution in [0.25, 0.3) is 0 Å². The van der Waals surface area contributed by atoms with Crippen molar-refractivity contribution in [3.05, 3.63) is 12.4 Å².